The van der Waals surface area contributed by atoms with Gasteiger partial charge in [-0.05, 0) is 42.8 Å². The fraction of sp³-hybridized carbons (Fsp3) is 0.176. The van der Waals surface area contributed by atoms with Crippen LogP contribution < -0.4 is 10.1 Å². The van der Waals surface area contributed by atoms with Crippen molar-refractivity contribution in [3.63, 3.8) is 0 Å². The van der Waals surface area contributed by atoms with Crippen molar-refractivity contribution >= 4 is 17.6 Å². The number of hydrogen-bond donors (Lipinski definition) is 2. The standard InChI is InChI=1S/C17H17NO4/c1-2-22-15-5-3-4-13(11-15)17(21)18-14-8-6-12(7-9-14)10-16(19)20/h3-9,11H,2,10H2,1H3,(H,18,21)(H,19,20). The Morgan fingerprint density at radius 1 is 1.14 bits per heavy atom. The van der Waals surface area contributed by atoms with E-state index in [1.807, 2.05) is 6.92 Å². The average Bonchev–Trinajstić information content (AvgIpc) is 2.49. The minimum atomic E-state index is -0.885. The third-order valence-corrected chi connectivity index (χ3v) is 2.97. The lowest BCUT2D eigenvalue weighted by Crippen LogP contribution is -2.12. The molecule has 0 heterocycles. The summed E-state index contributed by atoms with van der Waals surface area (Å²) in [6.07, 6.45) is -0.0371. The third kappa shape index (κ3) is 4.34. The lowest BCUT2D eigenvalue weighted by Gasteiger charge is -2.08. The third-order valence-electron chi connectivity index (χ3n) is 2.97. The van der Waals surface area contributed by atoms with E-state index in [0.717, 1.165) is 0 Å². The molecule has 0 fully saturated rings. The average molecular weight is 299 g/mol. The number of nitrogens with one attached hydrogen (secondary N) is 1. The van der Waals surface area contributed by atoms with Crippen LogP contribution in [0.4, 0.5) is 5.69 Å². The number of ether oxygens (including phenoxy) is 1. The predicted molar refractivity (Wildman–Crippen MR) is 83.3 cm³/mol. The summed E-state index contributed by atoms with van der Waals surface area (Å²) in [7, 11) is 0. The molecule has 0 aliphatic heterocycles. The maximum Gasteiger partial charge on any atom is 0.307 e. The summed E-state index contributed by atoms with van der Waals surface area (Å²) in [5.74, 6) is -0.482. The van der Waals surface area contributed by atoms with Gasteiger partial charge in [0.1, 0.15) is 5.75 Å². The second-order valence-corrected chi connectivity index (χ2v) is 4.68. The second-order valence-electron chi connectivity index (χ2n) is 4.68. The molecule has 5 nitrogen and oxygen atoms in total. The van der Waals surface area contributed by atoms with Crippen molar-refractivity contribution in [3.8, 4) is 5.75 Å². The Morgan fingerprint density at radius 3 is 2.50 bits per heavy atom. The highest BCUT2D eigenvalue weighted by Crippen LogP contribution is 2.16. The second kappa shape index (κ2) is 7.26. The van der Waals surface area contributed by atoms with Crippen molar-refractivity contribution in [2.45, 2.75) is 13.3 Å². The summed E-state index contributed by atoms with van der Waals surface area (Å²) in [6.45, 7) is 2.42. The van der Waals surface area contributed by atoms with Crippen LogP contribution in [0.15, 0.2) is 48.5 Å². The summed E-state index contributed by atoms with van der Waals surface area (Å²) in [5.41, 5.74) is 1.80. The molecule has 0 atom stereocenters. The Balaban J connectivity index is 2.05. The Bertz CT molecular complexity index is 665. The van der Waals surface area contributed by atoms with Crippen LogP contribution in [0.1, 0.15) is 22.8 Å². The van der Waals surface area contributed by atoms with E-state index in [1.54, 1.807) is 48.5 Å². The highest BCUT2D eigenvalue weighted by molar-refractivity contribution is 6.04. The van der Waals surface area contributed by atoms with E-state index in [2.05, 4.69) is 5.32 Å². The first-order chi connectivity index (χ1) is 10.6. The van der Waals surface area contributed by atoms with Crippen molar-refractivity contribution < 1.29 is 19.4 Å². The highest BCUT2D eigenvalue weighted by Gasteiger charge is 2.08. The van der Waals surface area contributed by atoms with Crippen molar-refractivity contribution in [2.75, 3.05) is 11.9 Å². The van der Waals surface area contributed by atoms with Gasteiger partial charge in [0.15, 0.2) is 0 Å². The molecular weight excluding hydrogens is 282 g/mol. The first-order valence-electron chi connectivity index (χ1n) is 6.93. The van der Waals surface area contributed by atoms with Gasteiger partial charge < -0.3 is 15.2 Å². The van der Waals surface area contributed by atoms with Crippen molar-refractivity contribution in [2.24, 2.45) is 0 Å². The Kier molecular flexibility index (Phi) is 5.14. The van der Waals surface area contributed by atoms with Crippen LogP contribution in [-0.2, 0) is 11.2 Å². The van der Waals surface area contributed by atoms with E-state index in [0.29, 0.717) is 29.2 Å². The molecule has 0 aromatic heterocycles. The number of carbonyl (C=O) groups excluding carboxylic acids is 1. The van der Waals surface area contributed by atoms with Gasteiger partial charge in [0.05, 0.1) is 13.0 Å². The molecule has 0 radical (unpaired) electrons. The molecule has 0 aliphatic rings. The molecule has 2 aromatic carbocycles. The van der Waals surface area contributed by atoms with Gasteiger partial charge in [-0.2, -0.15) is 0 Å². The molecule has 0 saturated heterocycles. The lowest BCUT2D eigenvalue weighted by atomic mass is 10.1. The van der Waals surface area contributed by atoms with Crippen LogP contribution in [-0.4, -0.2) is 23.6 Å². The number of aliphatic carboxylic acids is 1. The van der Waals surface area contributed by atoms with E-state index in [-0.39, 0.29) is 12.3 Å². The van der Waals surface area contributed by atoms with E-state index in [1.165, 1.54) is 0 Å². The molecule has 1 amide bonds. The van der Waals surface area contributed by atoms with Gasteiger partial charge in [0.25, 0.3) is 5.91 Å². The molecule has 114 valence electrons. The van der Waals surface area contributed by atoms with Gasteiger partial charge in [-0.1, -0.05) is 18.2 Å². The fourth-order valence-corrected chi connectivity index (χ4v) is 1.98. The highest BCUT2D eigenvalue weighted by atomic mass is 16.5. The molecule has 5 heteroatoms. The van der Waals surface area contributed by atoms with Crippen LogP contribution in [0.25, 0.3) is 0 Å². The monoisotopic (exact) mass is 299 g/mol. The summed E-state index contributed by atoms with van der Waals surface area (Å²) >= 11 is 0. The van der Waals surface area contributed by atoms with Gasteiger partial charge in [0, 0.05) is 11.3 Å². The van der Waals surface area contributed by atoms with Crippen LogP contribution in [0.5, 0.6) is 5.75 Å². The maximum absolute atomic E-state index is 12.2. The molecule has 0 bridgehead atoms. The van der Waals surface area contributed by atoms with Crippen molar-refractivity contribution in [1.82, 2.24) is 0 Å². The molecule has 0 spiro atoms. The zero-order valence-electron chi connectivity index (χ0n) is 12.2. The number of carboxylic acids is 1. The van der Waals surface area contributed by atoms with Crippen LogP contribution in [0.2, 0.25) is 0 Å². The molecule has 22 heavy (non-hydrogen) atoms. The zero-order valence-corrected chi connectivity index (χ0v) is 12.2. The zero-order chi connectivity index (χ0) is 15.9. The maximum atomic E-state index is 12.2. The summed E-state index contributed by atoms with van der Waals surface area (Å²) in [4.78, 5) is 22.8. The Labute approximate surface area is 128 Å². The normalized spacial score (nSPS) is 10.0. The molecule has 2 N–H and O–H groups in total. The van der Waals surface area contributed by atoms with Gasteiger partial charge in [-0.25, -0.2) is 0 Å². The van der Waals surface area contributed by atoms with Gasteiger partial charge >= 0.3 is 5.97 Å². The van der Waals surface area contributed by atoms with E-state index < -0.39 is 5.97 Å². The Morgan fingerprint density at radius 2 is 1.86 bits per heavy atom. The topological polar surface area (TPSA) is 75.6 Å². The van der Waals surface area contributed by atoms with Crippen LogP contribution >= 0.6 is 0 Å². The minimum Gasteiger partial charge on any atom is -0.494 e. The number of benzene rings is 2. The van der Waals surface area contributed by atoms with Crippen molar-refractivity contribution in [3.05, 3.63) is 59.7 Å². The molecule has 0 aliphatic carbocycles. The van der Waals surface area contributed by atoms with E-state index in [9.17, 15) is 9.59 Å². The Hall–Kier alpha value is -2.82. The predicted octanol–water partition coefficient (Wildman–Crippen LogP) is 2.96. The summed E-state index contributed by atoms with van der Waals surface area (Å²) < 4.78 is 5.36. The van der Waals surface area contributed by atoms with E-state index >= 15 is 0 Å². The molecule has 0 saturated carbocycles. The number of anilines is 1. The smallest absolute Gasteiger partial charge is 0.307 e. The van der Waals surface area contributed by atoms with Gasteiger partial charge in [0.2, 0.25) is 0 Å². The SMILES string of the molecule is CCOc1cccc(C(=O)Nc2ccc(CC(=O)O)cc2)c1. The van der Waals surface area contributed by atoms with Crippen molar-refractivity contribution in [1.29, 1.82) is 0 Å². The number of hydrogen-bond acceptors (Lipinski definition) is 3. The molecule has 2 aromatic rings. The minimum absolute atomic E-state index is 0.0371. The quantitative estimate of drug-likeness (QED) is 0.860. The molecule has 0 unspecified atom stereocenters. The molecule has 2 rings (SSSR count). The number of carboxylic acid groups (broad SMARTS) is 1. The number of rotatable bonds is 6. The summed E-state index contributed by atoms with van der Waals surface area (Å²) in [6, 6.07) is 13.7. The summed E-state index contributed by atoms with van der Waals surface area (Å²) in [5, 5.41) is 11.5. The van der Waals surface area contributed by atoms with Crippen LogP contribution in [0, 0.1) is 0 Å². The van der Waals surface area contributed by atoms with Gasteiger partial charge in [-0.3, -0.25) is 9.59 Å². The number of carbonyl (C=O) groups is 2. The van der Waals surface area contributed by atoms with Crippen LogP contribution in [0.3, 0.4) is 0 Å². The van der Waals surface area contributed by atoms with E-state index in [4.69, 9.17) is 9.84 Å². The number of amides is 1. The molecular formula is C17H17NO4. The first kappa shape index (κ1) is 15.6. The fourth-order valence-electron chi connectivity index (χ4n) is 1.98. The first-order valence-corrected chi connectivity index (χ1v) is 6.93. The lowest BCUT2D eigenvalue weighted by molar-refractivity contribution is -0.136. The largest absolute Gasteiger partial charge is 0.494 e. The van der Waals surface area contributed by atoms with Gasteiger partial charge in [-0.15, -0.1) is 0 Å².